The summed E-state index contributed by atoms with van der Waals surface area (Å²) >= 11 is 3.40. The Labute approximate surface area is 103 Å². The molecular formula is C12H11BrN2O. The minimum atomic E-state index is -0.860. The van der Waals surface area contributed by atoms with Crippen LogP contribution in [-0.4, -0.2) is 17.9 Å². The van der Waals surface area contributed by atoms with Gasteiger partial charge in [-0.1, -0.05) is 15.9 Å². The molecule has 0 aromatic heterocycles. The Bertz CT molecular complexity index is 533. The molecule has 0 N–H and O–H groups in total. The van der Waals surface area contributed by atoms with Gasteiger partial charge in [0.25, 0.3) is 5.91 Å². The first-order chi connectivity index (χ1) is 7.41. The average molecular weight is 279 g/mol. The fraction of sp³-hybridized carbons (Fsp3) is 0.333. The summed E-state index contributed by atoms with van der Waals surface area (Å²) in [5.41, 5.74) is 1.49. The molecule has 1 atom stereocenters. The number of aryl methyl sites for hydroxylation is 1. The zero-order valence-corrected chi connectivity index (χ0v) is 10.9. The van der Waals surface area contributed by atoms with Gasteiger partial charge in [0.2, 0.25) is 0 Å². The number of carbonyl (C=O) groups excluding carboxylic acids is 1. The lowest BCUT2D eigenvalue weighted by molar-refractivity contribution is 0.0731. The van der Waals surface area contributed by atoms with Gasteiger partial charge in [0.15, 0.2) is 5.54 Å². The van der Waals surface area contributed by atoms with Gasteiger partial charge in [-0.2, -0.15) is 5.26 Å². The number of hydrogen-bond acceptors (Lipinski definition) is 2. The molecule has 82 valence electrons. The number of fused-ring (bicyclic) bond motifs is 1. The van der Waals surface area contributed by atoms with Crippen LogP contribution in [0.25, 0.3) is 0 Å². The lowest BCUT2D eigenvalue weighted by Gasteiger charge is -2.25. The second-order valence-corrected chi connectivity index (χ2v) is 5.11. The Morgan fingerprint density at radius 2 is 2.12 bits per heavy atom. The number of rotatable bonds is 0. The van der Waals surface area contributed by atoms with Crippen LogP contribution in [0.3, 0.4) is 0 Å². The highest BCUT2D eigenvalue weighted by Crippen LogP contribution is 2.40. The summed E-state index contributed by atoms with van der Waals surface area (Å²) in [6, 6.07) is 5.97. The van der Waals surface area contributed by atoms with Crippen LogP contribution in [0.15, 0.2) is 16.6 Å². The summed E-state index contributed by atoms with van der Waals surface area (Å²) < 4.78 is 0.897. The summed E-state index contributed by atoms with van der Waals surface area (Å²) in [6.45, 7) is 3.65. The Balaban J connectivity index is 2.82. The van der Waals surface area contributed by atoms with E-state index in [1.165, 1.54) is 4.90 Å². The van der Waals surface area contributed by atoms with Gasteiger partial charge in [0.1, 0.15) is 0 Å². The van der Waals surface area contributed by atoms with Gasteiger partial charge in [-0.05, 0) is 31.5 Å². The molecule has 1 amide bonds. The van der Waals surface area contributed by atoms with E-state index in [1.807, 2.05) is 19.1 Å². The van der Waals surface area contributed by atoms with E-state index in [-0.39, 0.29) is 5.91 Å². The Hall–Kier alpha value is -1.34. The molecule has 0 bridgehead atoms. The third kappa shape index (κ3) is 1.21. The fourth-order valence-corrected chi connectivity index (χ4v) is 2.67. The quantitative estimate of drug-likeness (QED) is 0.732. The first-order valence-corrected chi connectivity index (χ1v) is 5.71. The Morgan fingerprint density at radius 1 is 1.50 bits per heavy atom. The number of benzene rings is 1. The zero-order chi connectivity index (χ0) is 12.1. The topological polar surface area (TPSA) is 44.1 Å². The number of carbonyl (C=O) groups is 1. The van der Waals surface area contributed by atoms with E-state index in [0.717, 1.165) is 15.6 Å². The first kappa shape index (κ1) is 11.2. The van der Waals surface area contributed by atoms with Crippen molar-refractivity contribution in [1.29, 1.82) is 5.26 Å². The van der Waals surface area contributed by atoms with Crippen molar-refractivity contribution in [2.75, 3.05) is 7.05 Å². The molecule has 0 aliphatic carbocycles. The zero-order valence-electron chi connectivity index (χ0n) is 9.34. The van der Waals surface area contributed by atoms with Gasteiger partial charge in [0, 0.05) is 22.6 Å². The number of nitriles is 1. The first-order valence-electron chi connectivity index (χ1n) is 4.92. The maximum absolute atomic E-state index is 12.1. The highest BCUT2D eigenvalue weighted by molar-refractivity contribution is 9.10. The molecule has 3 nitrogen and oxygen atoms in total. The Kier molecular flexibility index (Phi) is 2.32. The van der Waals surface area contributed by atoms with Crippen molar-refractivity contribution in [2.45, 2.75) is 19.4 Å². The second-order valence-electron chi connectivity index (χ2n) is 4.19. The maximum atomic E-state index is 12.1. The van der Waals surface area contributed by atoms with E-state index in [9.17, 15) is 10.1 Å². The van der Waals surface area contributed by atoms with Crippen LogP contribution in [0, 0.1) is 18.3 Å². The fourth-order valence-electron chi connectivity index (χ4n) is 2.10. The van der Waals surface area contributed by atoms with E-state index in [2.05, 4.69) is 22.0 Å². The number of nitrogens with zero attached hydrogens (tertiary/aromatic N) is 2. The molecule has 1 aliphatic rings. The van der Waals surface area contributed by atoms with Crippen molar-refractivity contribution in [1.82, 2.24) is 4.90 Å². The standard InChI is InChI=1S/C12H11BrN2O/c1-7-4-8(13)5-9-10(7)11(16)15(3)12(9,2)6-14/h4-5H,1-3H3. The summed E-state index contributed by atoms with van der Waals surface area (Å²) in [5, 5.41) is 9.28. The molecule has 1 aromatic carbocycles. The van der Waals surface area contributed by atoms with E-state index in [4.69, 9.17) is 0 Å². The molecule has 0 saturated carbocycles. The van der Waals surface area contributed by atoms with Gasteiger partial charge in [-0.25, -0.2) is 0 Å². The molecule has 2 rings (SSSR count). The van der Waals surface area contributed by atoms with Crippen LogP contribution < -0.4 is 0 Å². The van der Waals surface area contributed by atoms with Crippen molar-refractivity contribution in [3.05, 3.63) is 33.3 Å². The van der Waals surface area contributed by atoms with Crippen molar-refractivity contribution < 1.29 is 4.79 Å². The Morgan fingerprint density at radius 3 is 2.69 bits per heavy atom. The lowest BCUT2D eigenvalue weighted by atomic mass is 9.91. The summed E-state index contributed by atoms with van der Waals surface area (Å²) in [6.07, 6.45) is 0. The smallest absolute Gasteiger partial charge is 0.255 e. The maximum Gasteiger partial charge on any atom is 0.255 e. The number of amides is 1. The van der Waals surface area contributed by atoms with Gasteiger partial charge < -0.3 is 4.90 Å². The van der Waals surface area contributed by atoms with Crippen molar-refractivity contribution in [2.24, 2.45) is 0 Å². The average Bonchev–Trinajstić information content (AvgIpc) is 2.42. The van der Waals surface area contributed by atoms with Gasteiger partial charge in [-0.15, -0.1) is 0 Å². The van der Waals surface area contributed by atoms with Crippen molar-refractivity contribution >= 4 is 21.8 Å². The molecule has 0 saturated heterocycles. The molecule has 16 heavy (non-hydrogen) atoms. The third-order valence-electron chi connectivity index (χ3n) is 3.23. The van der Waals surface area contributed by atoms with Crippen LogP contribution in [-0.2, 0) is 5.54 Å². The van der Waals surface area contributed by atoms with E-state index in [0.29, 0.717) is 5.56 Å². The molecule has 0 spiro atoms. The van der Waals surface area contributed by atoms with Crippen molar-refractivity contribution in [3.63, 3.8) is 0 Å². The van der Waals surface area contributed by atoms with Gasteiger partial charge in [-0.3, -0.25) is 4.79 Å². The molecule has 1 unspecified atom stereocenters. The monoisotopic (exact) mass is 278 g/mol. The summed E-state index contributed by atoms with van der Waals surface area (Å²) in [5.74, 6) is -0.0796. The molecule has 1 aliphatic heterocycles. The van der Waals surface area contributed by atoms with E-state index < -0.39 is 5.54 Å². The minimum absolute atomic E-state index is 0.0796. The molecule has 1 aromatic rings. The highest BCUT2D eigenvalue weighted by atomic mass is 79.9. The highest BCUT2D eigenvalue weighted by Gasteiger charge is 2.45. The molecular weight excluding hydrogens is 268 g/mol. The lowest BCUT2D eigenvalue weighted by Crippen LogP contribution is -2.36. The van der Waals surface area contributed by atoms with Crippen LogP contribution in [0.2, 0.25) is 0 Å². The predicted octanol–water partition coefficient (Wildman–Crippen LogP) is 2.58. The molecule has 1 heterocycles. The predicted molar refractivity (Wildman–Crippen MR) is 63.9 cm³/mol. The summed E-state index contributed by atoms with van der Waals surface area (Å²) in [4.78, 5) is 13.6. The van der Waals surface area contributed by atoms with Gasteiger partial charge in [0.05, 0.1) is 6.07 Å². The SMILES string of the molecule is Cc1cc(Br)cc2c1C(=O)N(C)C2(C)C#N. The minimum Gasteiger partial charge on any atom is -0.319 e. The summed E-state index contributed by atoms with van der Waals surface area (Å²) in [7, 11) is 1.67. The van der Waals surface area contributed by atoms with E-state index in [1.54, 1.807) is 14.0 Å². The normalized spacial score (nSPS) is 23.2. The third-order valence-corrected chi connectivity index (χ3v) is 3.69. The van der Waals surface area contributed by atoms with Gasteiger partial charge >= 0.3 is 0 Å². The molecule has 0 fully saturated rings. The van der Waals surface area contributed by atoms with Crippen molar-refractivity contribution in [3.8, 4) is 6.07 Å². The molecule has 4 heteroatoms. The van der Waals surface area contributed by atoms with Crippen LogP contribution in [0.5, 0.6) is 0 Å². The number of hydrogen-bond donors (Lipinski definition) is 0. The van der Waals surface area contributed by atoms with Crippen LogP contribution >= 0.6 is 15.9 Å². The van der Waals surface area contributed by atoms with Crippen LogP contribution in [0.4, 0.5) is 0 Å². The molecule has 0 radical (unpaired) electrons. The van der Waals surface area contributed by atoms with Crippen LogP contribution in [0.1, 0.15) is 28.4 Å². The largest absolute Gasteiger partial charge is 0.319 e. The van der Waals surface area contributed by atoms with E-state index >= 15 is 0 Å². The number of halogens is 1. The second kappa shape index (κ2) is 3.33.